The molecule has 2 unspecified atom stereocenters. The number of nitrogens with two attached hydrogens (primary N) is 1. The Morgan fingerprint density at radius 3 is 2.79 bits per heavy atom. The molecule has 1 aromatic rings. The molecule has 19 heavy (non-hydrogen) atoms. The lowest BCUT2D eigenvalue weighted by Crippen LogP contribution is -2.47. The fourth-order valence-electron chi connectivity index (χ4n) is 3.52. The molecule has 1 saturated heterocycles. The van der Waals surface area contributed by atoms with E-state index in [1.54, 1.807) is 0 Å². The molecule has 104 valence electrons. The lowest BCUT2D eigenvalue weighted by Gasteiger charge is -2.48. The van der Waals surface area contributed by atoms with Crippen LogP contribution < -0.4 is 5.73 Å². The normalized spacial score (nSPS) is 27.0. The molecule has 2 N–H and O–H groups in total. The summed E-state index contributed by atoms with van der Waals surface area (Å²) >= 11 is 6.15. The van der Waals surface area contributed by atoms with Gasteiger partial charge in [-0.3, -0.25) is 0 Å². The van der Waals surface area contributed by atoms with Crippen LogP contribution in [-0.2, 0) is 4.74 Å². The van der Waals surface area contributed by atoms with E-state index >= 15 is 0 Å². The minimum absolute atomic E-state index is 0.0822. The van der Waals surface area contributed by atoms with Crippen LogP contribution in [0.5, 0.6) is 0 Å². The van der Waals surface area contributed by atoms with Crippen LogP contribution in [0.3, 0.4) is 0 Å². The van der Waals surface area contributed by atoms with Crippen LogP contribution in [0.2, 0.25) is 5.02 Å². The predicted octanol–water partition coefficient (Wildman–Crippen LogP) is 4.00. The monoisotopic (exact) mass is 279 g/mol. The van der Waals surface area contributed by atoms with Gasteiger partial charge in [0.1, 0.15) is 0 Å². The molecule has 0 aromatic heterocycles. The van der Waals surface area contributed by atoms with Crippen molar-refractivity contribution in [2.75, 3.05) is 6.61 Å². The van der Waals surface area contributed by atoms with Crippen LogP contribution in [0.25, 0.3) is 0 Å². The Balaban J connectivity index is 1.77. The third-order valence-corrected chi connectivity index (χ3v) is 4.97. The van der Waals surface area contributed by atoms with Crippen molar-refractivity contribution in [2.24, 2.45) is 11.7 Å². The van der Waals surface area contributed by atoms with Gasteiger partial charge in [0, 0.05) is 17.7 Å². The smallest absolute Gasteiger partial charge is 0.0686 e. The number of hydrogen-bond acceptors (Lipinski definition) is 2. The van der Waals surface area contributed by atoms with Crippen LogP contribution in [0, 0.1) is 12.8 Å². The van der Waals surface area contributed by atoms with Gasteiger partial charge >= 0.3 is 0 Å². The summed E-state index contributed by atoms with van der Waals surface area (Å²) < 4.78 is 5.98. The molecular weight excluding hydrogens is 258 g/mol. The van der Waals surface area contributed by atoms with Gasteiger partial charge in [0.15, 0.2) is 0 Å². The summed E-state index contributed by atoms with van der Waals surface area (Å²) in [6.07, 6.45) is 5.90. The van der Waals surface area contributed by atoms with Gasteiger partial charge in [0.05, 0.1) is 5.60 Å². The maximum absolute atomic E-state index is 6.49. The van der Waals surface area contributed by atoms with Gasteiger partial charge in [-0.15, -0.1) is 0 Å². The average Bonchev–Trinajstić information content (AvgIpc) is 2.35. The molecule has 0 radical (unpaired) electrons. The number of ether oxygens (including phenoxy) is 1. The zero-order valence-electron chi connectivity index (χ0n) is 11.5. The Morgan fingerprint density at radius 2 is 2.16 bits per heavy atom. The van der Waals surface area contributed by atoms with Crippen molar-refractivity contribution in [2.45, 2.75) is 50.7 Å². The van der Waals surface area contributed by atoms with E-state index in [4.69, 9.17) is 22.1 Å². The highest BCUT2D eigenvalue weighted by Crippen LogP contribution is 2.46. The van der Waals surface area contributed by atoms with Gasteiger partial charge in [-0.25, -0.2) is 0 Å². The Bertz CT molecular complexity index is 450. The summed E-state index contributed by atoms with van der Waals surface area (Å²) in [5.74, 6) is 0.520. The van der Waals surface area contributed by atoms with Crippen molar-refractivity contribution in [3.8, 4) is 0 Å². The van der Waals surface area contributed by atoms with Gasteiger partial charge in [-0.05, 0) is 68.2 Å². The van der Waals surface area contributed by atoms with E-state index in [1.807, 2.05) is 12.1 Å². The van der Waals surface area contributed by atoms with E-state index in [9.17, 15) is 0 Å². The number of hydrogen-bond donors (Lipinski definition) is 1. The standard InChI is InChI=1S/C16H22ClNO/c1-11-7-13(9-14(17)8-11)15(18)12-3-6-19-16(10-12)4-2-5-16/h7-9,12,15H,2-6,10,18H2,1H3. The summed E-state index contributed by atoms with van der Waals surface area (Å²) in [4.78, 5) is 0. The molecule has 1 heterocycles. The summed E-state index contributed by atoms with van der Waals surface area (Å²) in [6, 6.07) is 6.25. The second-order valence-corrected chi connectivity index (χ2v) is 6.66. The lowest BCUT2D eigenvalue weighted by atomic mass is 9.70. The molecule has 1 spiro atoms. The molecule has 2 nitrogen and oxygen atoms in total. The first-order valence-electron chi connectivity index (χ1n) is 7.25. The Morgan fingerprint density at radius 1 is 1.37 bits per heavy atom. The largest absolute Gasteiger partial charge is 0.375 e. The van der Waals surface area contributed by atoms with Crippen LogP contribution in [0.15, 0.2) is 18.2 Å². The molecule has 1 aliphatic heterocycles. The highest BCUT2D eigenvalue weighted by Gasteiger charge is 2.43. The average molecular weight is 280 g/mol. The molecule has 1 aliphatic carbocycles. The maximum atomic E-state index is 6.49. The van der Waals surface area contributed by atoms with Crippen LogP contribution in [0.1, 0.15) is 49.3 Å². The molecular formula is C16H22ClNO. The van der Waals surface area contributed by atoms with E-state index in [2.05, 4.69) is 13.0 Å². The van der Waals surface area contributed by atoms with E-state index in [0.717, 1.165) is 24.5 Å². The summed E-state index contributed by atoms with van der Waals surface area (Å²) in [6.45, 7) is 2.93. The topological polar surface area (TPSA) is 35.2 Å². The second-order valence-electron chi connectivity index (χ2n) is 6.23. The highest BCUT2D eigenvalue weighted by molar-refractivity contribution is 6.30. The van der Waals surface area contributed by atoms with Crippen LogP contribution in [0.4, 0.5) is 0 Å². The number of halogens is 1. The van der Waals surface area contributed by atoms with Crippen molar-refractivity contribution < 1.29 is 4.74 Å². The molecule has 2 aliphatic rings. The fraction of sp³-hybridized carbons (Fsp3) is 0.625. The van der Waals surface area contributed by atoms with Gasteiger partial charge in [-0.1, -0.05) is 17.7 Å². The van der Waals surface area contributed by atoms with Crippen LogP contribution >= 0.6 is 11.6 Å². The van der Waals surface area contributed by atoms with E-state index in [1.165, 1.54) is 30.4 Å². The second kappa shape index (κ2) is 5.08. The van der Waals surface area contributed by atoms with E-state index in [0.29, 0.717) is 5.92 Å². The lowest BCUT2D eigenvalue weighted by molar-refractivity contribution is -0.146. The fourth-order valence-corrected chi connectivity index (χ4v) is 3.82. The van der Waals surface area contributed by atoms with Crippen molar-refractivity contribution in [1.29, 1.82) is 0 Å². The molecule has 3 rings (SSSR count). The zero-order valence-corrected chi connectivity index (χ0v) is 12.2. The third-order valence-electron chi connectivity index (χ3n) is 4.75. The summed E-state index contributed by atoms with van der Waals surface area (Å²) in [7, 11) is 0. The molecule has 2 atom stereocenters. The number of benzene rings is 1. The van der Waals surface area contributed by atoms with Crippen molar-refractivity contribution >= 4 is 11.6 Å². The highest BCUT2D eigenvalue weighted by atomic mass is 35.5. The first-order chi connectivity index (χ1) is 9.08. The number of aryl methyl sites for hydroxylation is 1. The van der Waals surface area contributed by atoms with Gasteiger partial charge in [-0.2, -0.15) is 0 Å². The molecule has 1 saturated carbocycles. The maximum Gasteiger partial charge on any atom is 0.0686 e. The van der Waals surface area contributed by atoms with Gasteiger partial charge in [0.2, 0.25) is 0 Å². The number of rotatable bonds is 2. The molecule has 0 amide bonds. The Labute approximate surface area is 120 Å². The van der Waals surface area contributed by atoms with Crippen molar-refractivity contribution in [3.05, 3.63) is 34.3 Å². The van der Waals surface area contributed by atoms with E-state index in [-0.39, 0.29) is 11.6 Å². The summed E-state index contributed by atoms with van der Waals surface area (Å²) in [5.41, 5.74) is 9.01. The van der Waals surface area contributed by atoms with Crippen LogP contribution in [-0.4, -0.2) is 12.2 Å². The SMILES string of the molecule is Cc1cc(Cl)cc(C(N)C2CCOC3(CCC3)C2)c1. The molecule has 3 heteroatoms. The molecule has 1 aromatic carbocycles. The predicted molar refractivity (Wildman–Crippen MR) is 78.4 cm³/mol. The first kappa shape index (κ1) is 13.4. The first-order valence-corrected chi connectivity index (χ1v) is 7.62. The zero-order chi connectivity index (χ0) is 13.5. The minimum atomic E-state index is 0.0822. The minimum Gasteiger partial charge on any atom is -0.375 e. The Hall–Kier alpha value is -0.570. The third kappa shape index (κ3) is 2.67. The quantitative estimate of drug-likeness (QED) is 0.888. The Kier molecular flexibility index (Phi) is 3.59. The molecule has 2 fully saturated rings. The van der Waals surface area contributed by atoms with Gasteiger partial charge < -0.3 is 10.5 Å². The summed E-state index contributed by atoms with van der Waals surface area (Å²) in [5, 5.41) is 0.788. The van der Waals surface area contributed by atoms with Crippen molar-refractivity contribution in [1.82, 2.24) is 0 Å². The molecule has 0 bridgehead atoms. The van der Waals surface area contributed by atoms with Crippen molar-refractivity contribution in [3.63, 3.8) is 0 Å². The van der Waals surface area contributed by atoms with Gasteiger partial charge in [0.25, 0.3) is 0 Å². The van der Waals surface area contributed by atoms with E-state index < -0.39 is 0 Å².